The summed E-state index contributed by atoms with van der Waals surface area (Å²) in [6.45, 7) is 0.565. The number of imide groups is 1. The standard InChI is InChI=1S/C9H10N2O3/c12-7-6(1-2-10-7)11-8(13)4-3-5(4)9(11)14/h4-6H,1-3H2,(H,10,12). The molecule has 3 unspecified atom stereocenters. The molecule has 5 nitrogen and oxygen atoms in total. The lowest BCUT2D eigenvalue weighted by Crippen LogP contribution is -2.45. The number of piperidine rings is 1. The van der Waals surface area contributed by atoms with Crippen molar-refractivity contribution < 1.29 is 14.4 Å². The summed E-state index contributed by atoms with van der Waals surface area (Å²) in [4.78, 5) is 35.7. The lowest BCUT2D eigenvalue weighted by Gasteiger charge is -2.21. The molecule has 74 valence electrons. The van der Waals surface area contributed by atoms with Crippen LogP contribution >= 0.6 is 0 Å². The van der Waals surface area contributed by atoms with Crippen LogP contribution in [0.15, 0.2) is 0 Å². The Morgan fingerprint density at radius 3 is 2.29 bits per heavy atom. The molecule has 3 aliphatic rings. The normalized spacial score (nSPS) is 40.1. The predicted molar refractivity (Wildman–Crippen MR) is 44.9 cm³/mol. The molecule has 3 amide bonds. The Kier molecular flexibility index (Phi) is 1.33. The van der Waals surface area contributed by atoms with Crippen LogP contribution in [0.3, 0.4) is 0 Å². The predicted octanol–water partition coefficient (Wildman–Crippen LogP) is -1.12. The first kappa shape index (κ1) is 7.96. The van der Waals surface area contributed by atoms with Gasteiger partial charge in [-0.25, -0.2) is 0 Å². The number of carbonyl (C=O) groups is 3. The maximum atomic E-state index is 11.6. The van der Waals surface area contributed by atoms with Gasteiger partial charge in [0.1, 0.15) is 6.04 Å². The van der Waals surface area contributed by atoms with Gasteiger partial charge in [-0.3, -0.25) is 19.3 Å². The summed E-state index contributed by atoms with van der Waals surface area (Å²) in [5.41, 5.74) is 0. The monoisotopic (exact) mass is 194 g/mol. The second-order valence-corrected chi connectivity index (χ2v) is 4.09. The van der Waals surface area contributed by atoms with Crippen molar-refractivity contribution >= 4 is 17.7 Å². The Bertz CT molecular complexity index is 332. The first-order valence-corrected chi connectivity index (χ1v) is 4.85. The molecule has 1 saturated carbocycles. The minimum atomic E-state index is -0.525. The van der Waals surface area contributed by atoms with Crippen molar-refractivity contribution in [2.24, 2.45) is 11.8 Å². The van der Waals surface area contributed by atoms with Crippen LogP contribution in [-0.4, -0.2) is 35.2 Å². The highest BCUT2D eigenvalue weighted by molar-refractivity contribution is 6.11. The summed E-state index contributed by atoms with van der Waals surface area (Å²) in [7, 11) is 0. The van der Waals surface area contributed by atoms with E-state index in [1.807, 2.05) is 0 Å². The maximum absolute atomic E-state index is 11.6. The molecule has 0 aromatic carbocycles. The third-order valence-corrected chi connectivity index (χ3v) is 3.23. The van der Waals surface area contributed by atoms with E-state index in [0.717, 1.165) is 0 Å². The van der Waals surface area contributed by atoms with E-state index in [0.29, 0.717) is 19.4 Å². The van der Waals surface area contributed by atoms with Crippen LogP contribution in [0, 0.1) is 11.8 Å². The van der Waals surface area contributed by atoms with Crippen LogP contribution in [0.5, 0.6) is 0 Å². The number of nitrogens with one attached hydrogen (secondary N) is 1. The lowest BCUT2D eigenvalue weighted by atomic mass is 10.2. The highest BCUT2D eigenvalue weighted by Gasteiger charge is 2.61. The van der Waals surface area contributed by atoms with Crippen molar-refractivity contribution in [1.29, 1.82) is 0 Å². The fourth-order valence-electron chi connectivity index (χ4n) is 2.34. The summed E-state index contributed by atoms with van der Waals surface area (Å²) in [5, 5.41) is 2.63. The quantitative estimate of drug-likeness (QED) is 0.538. The van der Waals surface area contributed by atoms with E-state index in [1.54, 1.807) is 0 Å². The van der Waals surface area contributed by atoms with Crippen LogP contribution in [0.25, 0.3) is 0 Å². The highest BCUT2D eigenvalue weighted by Crippen LogP contribution is 2.48. The molecule has 0 bridgehead atoms. The molecule has 3 fully saturated rings. The van der Waals surface area contributed by atoms with Gasteiger partial charge in [0.05, 0.1) is 11.8 Å². The molecule has 2 saturated heterocycles. The van der Waals surface area contributed by atoms with Crippen LogP contribution in [-0.2, 0) is 14.4 Å². The van der Waals surface area contributed by atoms with Gasteiger partial charge in [0, 0.05) is 6.54 Å². The Labute approximate surface area is 80.4 Å². The number of carbonyl (C=O) groups excluding carboxylic acids is 3. The number of rotatable bonds is 1. The van der Waals surface area contributed by atoms with Crippen molar-refractivity contribution in [3.8, 4) is 0 Å². The van der Waals surface area contributed by atoms with E-state index in [-0.39, 0.29) is 29.6 Å². The van der Waals surface area contributed by atoms with Crippen molar-refractivity contribution in [1.82, 2.24) is 10.2 Å². The van der Waals surface area contributed by atoms with Crippen LogP contribution in [0.2, 0.25) is 0 Å². The molecule has 1 aliphatic carbocycles. The van der Waals surface area contributed by atoms with E-state index in [9.17, 15) is 14.4 Å². The minimum absolute atomic E-state index is 0.101. The Balaban J connectivity index is 1.88. The summed E-state index contributed by atoms with van der Waals surface area (Å²) < 4.78 is 0. The highest BCUT2D eigenvalue weighted by atomic mass is 16.2. The second kappa shape index (κ2) is 2.34. The van der Waals surface area contributed by atoms with Gasteiger partial charge < -0.3 is 5.32 Å². The molecule has 2 heterocycles. The number of likely N-dealkylation sites (tertiary alicyclic amines) is 1. The maximum Gasteiger partial charge on any atom is 0.243 e. The van der Waals surface area contributed by atoms with E-state index >= 15 is 0 Å². The van der Waals surface area contributed by atoms with Gasteiger partial charge in [-0.05, 0) is 12.8 Å². The number of fused-ring (bicyclic) bond motifs is 1. The molecule has 1 N–H and O–H groups in total. The number of hydrogen-bond donors (Lipinski definition) is 1. The molecule has 0 aromatic rings. The summed E-state index contributed by atoms with van der Waals surface area (Å²) >= 11 is 0. The lowest BCUT2D eigenvalue weighted by molar-refractivity contribution is -0.147. The fourth-order valence-corrected chi connectivity index (χ4v) is 2.34. The van der Waals surface area contributed by atoms with E-state index in [4.69, 9.17) is 0 Å². The van der Waals surface area contributed by atoms with Gasteiger partial charge in [0.25, 0.3) is 0 Å². The minimum Gasteiger partial charge on any atom is -0.354 e. The van der Waals surface area contributed by atoms with Crippen LogP contribution < -0.4 is 5.32 Å². The van der Waals surface area contributed by atoms with Gasteiger partial charge in [-0.15, -0.1) is 0 Å². The molecule has 2 aliphatic heterocycles. The van der Waals surface area contributed by atoms with Crippen molar-refractivity contribution in [2.45, 2.75) is 18.9 Å². The Morgan fingerprint density at radius 2 is 1.79 bits per heavy atom. The Morgan fingerprint density at radius 1 is 1.14 bits per heavy atom. The van der Waals surface area contributed by atoms with Gasteiger partial charge in [-0.1, -0.05) is 0 Å². The third kappa shape index (κ3) is 0.818. The third-order valence-electron chi connectivity index (χ3n) is 3.23. The molecule has 0 aromatic heterocycles. The van der Waals surface area contributed by atoms with E-state index in [1.165, 1.54) is 4.90 Å². The number of amides is 3. The topological polar surface area (TPSA) is 66.5 Å². The van der Waals surface area contributed by atoms with Crippen LogP contribution in [0.1, 0.15) is 12.8 Å². The number of hydrogen-bond acceptors (Lipinski definition) is 3. The fraction of sp³-hybridized carbons (Fsp3) is 0.667. The molecule has 5 heteroatoms. The molecular weight excluding hydrogens is 184 g/mol. The van der Waals surface area contributed by atoms with Gasteiger partial charge in [0.15, 0.2) is 0 Å². The molecule has 0 spiro atoms. The molecule has 3 rings (SSSR count). The average molecular weight is 194 g/mol. The van der Waals surface area contributed by atoms with E-state index in [2.05, 4.69) is 5.32 Å². The molecule has 0 radical (unpaired) electrons. The van der Waals surface area contributed by atoms with Gasteiger partial charge in [0.2, 0.25) is 17.7 Å². The summed E-state index contributed by atoms with van der Waals surface area (Å²) in [6.07, 6.45) is 1.26. The first-order valence-electron chi connectivity index (χ1n) is 4.85. The average Bonchev–Trinajstić information content (AvgIpc) is 2.79. The van der Waals surface area contributed by atoms with Crippen LogP contribution in [0.4, 0.5) is 0 Å². The van der Waals surface area contributed by atoms with Gasteiger partial charge in [-0.2, -0.15) is 0 Å². The zero-order chi connectivity index (χ0) is 9.87. The molecular formula is C9H10N2O3. The number of nitrogens with zero attached hydrogens (tertiary/aromatic N) is 1. The smallest absolute Gasteiger partial charge is 0.243 e. The molecule has 3 atom stereocenters. The van der Waals surface area contributed by atoms with Crippen molar-refractivity contribution in [3.05, 3.63) is 0 Å². The van der Waals surface area contributed by atoms with Crippen molar-refractivity contribution in [2.75, 3.05) is 6.54 Å². The first-order chi connectivity index (χ1) is 6.70. The zero-order valence-corrected chi connectivity index (χ0v) is 7.53. The SMILES string of the molecule is O=C1NCCC1N1C(=O)C2CC2C1=O. The second-order valence-electron chi connectivity index (χ2n) is 4.09. The summed E-state index contributed by atoms with van der Waals surface area (Å²) in [6, 6.07) is -0.525. The van der Waals surface area contributed by atoms with E-state index < -0.39 is 6.04 Å². The van der Waals surface area contributed by atoms with Crippen molar-refractivity contribution in [3.63, 3.8) is 0 Å². The zero-order valence-electron chi connectivity index (χ0n) is 7.53. The van der Waals surface area contributed by atoms with Gasteiger partial charge >= 0.3 is 0 Å². The molecule has 14 heavy (non-hydrogen) atoms. The largest absolute Gasteiger partial charge is 0.354 e. The summed E-state index contributed by atoms with van der Waals surface area (Å²) in [5.74, 6) is -0.663. The Hall–Kier alpha value is -1.39.